The predicted octanol–water partition coefficient (Wildman–Crippen LogP) is 3.97. The van der Waals surface area contributed by atoms with E-state index in [0.717, 1.165) is 24.9 Å². The minimum atomic E-state index is 0.495. The number of benzene rings is 1. The van der Waals surface area contributed by atoms with Gasteiger partial charge in [0, 0.05) is 24.8 Å². The third-order valence-corrected chi connectivity index (χ3v) is 4.92. The van der Waals surface area contributed by atoms with E-state index < -0.39 is 0 Å². The molecule has 1 aliphatic rings. The lowest BCUT2D eigenvalue weighted by atomic mass is 9.78. The highest BCUT2D eigenvalue weighted by Crippen LogP contribution is 2.33. The fourth-order valence-corrected chi connectivity index (χ4v) is 3.66. The molecule has 1 unspecified atom stereocenters. The Kier molecular flexibility index (Phi) is 5.47. The van der Waals surface area contributed by atoms with Crippen molar-refractivity contribution < 1.29 is 0 Å². The van der Waals surface area contributed by atoms with Crippen LogP contribution in [-0.2, 0) is 0 Å². The van der Waals surface area contributed by atoms with Gasteiger partial charge in [-0.2, -0.15) is 0 Å². The van der Waals surface area contributed by atoms with Crippen LogP contribution in [0.3, 0.4) is 0 Å². The smallest absolute Gasteiger partial charge is 0.0440 e. The third kappa shape index (κ3) is 3.54. The maximum Gasteiger partial charge on any atom is 0.0440 e. The van der Waals surface area contributed by atoms with Gasteiger partial charge in [0.05, 0.1) is 0 Å². The molecule has 2 nitrogen and oxygen atoms in total. The Morgan fingerprint density at radius 2 is 1.95 bits per heavy atom. The molecule has 1 aliphatic carbocycles. The zero-order chi connectivity index (χ0) is 14.5. The highest BCUT2D eigenvalue weighted by molar-refractivity contribution is 5.49. The van der Waals surface area contributed by atoms with Gasteiger partial charge in [-0.25, -0.2) is 0 Å². The average Bonchev–Trinajstić information content (AvgIpc) is 2.46. The molecular weight excluding hydrogens is 244 g/mol. The van der Waals surface area contributed by atoms with Gasteiger partial charge in [-0.3, -0.25) is 0 Å². The average molecular weight is 274 g/mol. The lowest BCUT2D eigenvalue weighted by Crippen LogP contribution is -2.46. The normalized spacial score (nSPS) is 24.4. The monoisotopic (exact) mass is 274 g/mol. The number of likely N-dealkylation sites (N-methyl/N-ethyl adjacent to an activating group) is 1. The van der Waals surface area contributed by atoms with Crippen molar-refractivity contribution >= 4 is 5.69 Å². The Morgan fingerprint density at radius 3 is 2.50 bits per heavy atom. The van der Waals surface area contributed by atoms with Crippen LogP contribution in [0.2, 0.25) is 0 Å². The maximum absolute atomic E-state index is 6.15. The first kappa shape index (κ1) is 15.4. The van der Waals surface area contributed by atoms with Gasteiger partial charge in [-0.1, -0.05) is 31.9 Å². The quantitative estimate of drug-likeness (QED) is 0.880. The van der Waals surface area contributed by atoms with Crippen molar-refractivity contribution in [3.63, 3.8) is 0 Å². The Morgan fingerprint density at radius 1 is 1.25 bits per heavy atom. The Labute approximate surface area is 124 Å². The van der Waals surface area contributed by atoms with Crippen molar-refractivity contribution in [1.82, 2.24) is 0 Å². The van der Waals surface area contributed by atoms with E-state index in [9.17, 15) is 0 Å². The standard InChI is InChI=1S/C18H30N2/c1-4-20(17-7-5-6-15(3)12-17)18(13-19)16-10-8-14(2)9-11-16/h5-7,12,14,16,18H,4,8-11,13,19H2,1-3H3. The van der Waals surface area contributed by atoms with E-state index in [2.05, 4.69) is 49.9 Å². The number of nitrogens with zero attached hydrogens (tertiary/aromatic N) is 1. The molecule has 0 bridgehead atoms. The first-order valence-corrected chi connectivity index (χ1v) is 8.19. The molecule has 0 saturated heterocycles. The van der Waals surface area contributed by atoms with E-state index >= 15 is 0 Å². The number of rotatable bonds is 5. The van der Waals surface area contributed by atoms with Crippen molar-refractivity contribution in [1.29, 1.82) is 0 Å². The van der Waals surface area contributed by atoms with Crippen molar-refractivity contribution in [2.24, 2.45) is 17.6 Å². The van der Waals surface area contributed by atoms with Crippen LogP contribution >= 0.6 is 0 Å². The number of aryl methyl sites for hydroxylation is 1. The third-order valence-electron chi connectivity index (χ3n) is 4.92. The topological polar surface area (TPSA) is 29.3 Å². The molecule has 1 aromatic carbocycles. The molecule has 1 fully saturated rings. The summed E-state index contributed by atoms with van der Waals surface area (Å²) in [5.74, 6) is 1.66. The SMILES string of the molecule is CCN(c1cccc(C)c1)C(CN)C1CCC(C)CC1. The summed E-state index contributed by atoms with van der Waals surface area (Å²) >= 11 is 0. The van der Waals surface area contributed by atoms with Gasteiger partial charge >= 0.3 is 0 Å². The van der Waals surface area contributed by atoms with Crippen LogP contribution in [0.25, 0.3) is 0 Å². The van der Waals surface area contributed by atoms with Gasteiger partial charge < -0.3 is 10.6 Å². The van der Waals surface area contributed by atoms with Crippen LogP contribution in [0.5, 0.6) is 0 Å². The lowest BCUT2D eigenvalue weighted by molar-refractivity contribution is 0.250. The van der Waals surface area contributed by atoms with E-state index in [-0.39, 0.29) is 0 Å². The van der Waals surface area contributed by atoms with E-state index in [4.69, 9.17) is 5.73 Å². The van der Waals surface area contributed by atoms with Crippen LogP contribution in [0, 0.1) is 18.8 Å². The van der Waals surface area contributed by atoms with Gasteiger partial charge in [0.15, 0.2) is 0 Å². The van der Waals surface area contributed by atoms with Gasteiger partial charge in [0.25, 0.3) is 0 Å². The molecular formula is C18H30N2. The van der Waals surface area contributed by atoms with Gasteiger partial charge in [-0.05, 0) is 56.2 Å². The molecule has 1 aromatic rings. The summed E-state index contributed by atoms with van der Waals surface area (Å²) in [5.41, 5.74) is 8.81. The van der Waals surface area contributed by atoms with E-state index in [1.165, 1.54) is 36.9 Å². The number of hydrogen-bond donors (Lipinski definition) is 1. The van der Waals surface area contributed by atoms with Gasteiger partial charge in [0.1, 0.15) is 0 Å². The zero-order valence-electron chi connectivity index (χ0n) is 13.3. The molecule has 1 atom stereocenters. The van der Waals surface area contributed by atoms with Crippen molar-refractivity contribution in [2.45, 2.75) is 52.5 Å². The maximum atomic E-state index is 6.15. The molecule has 0 amide bonds. The Hall–Kier alpha value is -1.02. The van der Waals surface area contributed by atoms with Crippen LogP contribution in [0.1, 0.15) is 45.1 Å². The Bertz CT molecular complexity index is 408. The first-order valence-electron chi connectivity index (χ1n) is 8.19. The lowest BCUT2D eigenvalue weighted by Gasteiger charge is -2.40. The summed E-state index contributed by atoms with van der Waals surface area (Å²) in [7, 11) is 0. The minimum Gasteiger partial charge on any atom is -0.367 e. The first-order chi connectivity index (χ1) is 9.65. The molecule has 2 N–H and O–H groups in total. The largest absolute Gasteiger partial charge is 0.367 e. The molecule has 20 heavy (non-hydrogen) atoms. The summed E-state index contributed by atoms with van der Waals surface area (Å²) in [4.78, 5) is 2.52. The minimum absolute atomic E-state index is 0.495. The highest BCUT2D eigenvalue weighted by Gasteiger charge is 2.29. The molecule has 0 heterocycles. The molecule has 2 heteroatoms. The summed E-state index contributed by atoms with van der Waals surface area (Å²) in [6.07, 6.45) is 5.41. The number of nitrogens with two attached hydrogens (primary N) is 1. The fourth-order valence-electron chi connectivity index (χ4n) is 3.66. The van der Waals surface area contributed by atoms with Crippen molar-refractivity contribution in [2.75, 3.05) is 18.0 Å². The van der Waals surface area contributed by atoms with Crippen molar-refractivity contribution in [3.05, 3.63) is 29.8 Å². The van der Waals surface area contributed by atoms with Crippen LogP contribution < -0.4 is 10.6 Å². The Balaban J connectivity index is 2.15. The molecule has 112 valence electrons. The summed E-state index contributed by atoms with van der Waals surface area (Å²) in [5, 5.41) is 0. The molecule has 0 spiro atoms. The van der Waals surface area contributed by atoms with E-state index in [1.807, 2.05) is 0 Å². The zero-order valence-corrected chi connectivity index (χ0v) is 13.3. The fraction of sp³-hybridized carbons (Fsp3) is 0.667. The summed E-state index contributed by atoms with van der Waals surface area (Å²) in [6.45, 7) is 8.59. The van der Waals surface area contributed by atoms with Gasteiger partial charge in [-0.15, -0.1) is 0 Å². The second-order valence-corrected chi connectivity index (χ2v) is 6.45. The molecule has 0 radical (unpaired) electrons. The molecule has 0 aliphatic heterocycles. The predicted molar refractivity (Wildman–Crippen MR) is 88.2 cm³/mol. The second kappa shape index (κ2) is 7.12. The number of anilines is 1. The van der Waals surface area contributed by atoms with Crippen LogP contribution in [-0.4, -0.2) is 19.1 Å². The van der Waals surface area contributed by atoms with Crippen LogP contribution in [0.4, 0.5) is 5.69 Å². The second-order valence-electron chi connectivity index (χ2n) is 6.45. The molecule has 2 rings (SSSR count). The highest BCUT2D eigenvalue weighted by atomic mass is 15.2. The summed E-state index contributed by atoms with van der Waals surface area (Å²) < 4.78 is 0. The van der Waals surface area contributed by atoms with Gasteiger partial charge in [0.2, 0.25) is 0 Å². The molecule has 0 aromatic heterocycles. The van der Waals surface area contributed by atoms with Crippen LogP contribution in [0.15, 0.2) is 24.3 Å². The van der Waals surface area contributed by atoms with E-state index in [0.29, 0.717) is 6.04 Å². The number of hydrogen-bond acceptors (Lipinski definition) is 2. The summed E-state index contributed by atoms with van der Waals surface area (Å²) in [6, 6.07) is 9.33. The van der Waals surface area contributed by atoms with E-state index in [1.54, 1.807) is 0 Å². The molecule has 1 saturated carbocycles. The van der Waals surface area contributed by atoms with Crippen molar-refractivity contribution in [3.8, 4) is 0 Å².